The fourth-order valence-electron chi connectivity index (χ4n) is 3.60. The Labute approximate surface area is 145 Å². The van der Waals surface area contributed by atoms with Crippen LogP contribution in [0.15, 0.2) is 0 Å². The van der Waals surface area contributed by atoms with E-state index in [1.807, 2.05) is 20.8 Å². The van der Waals surface area contributed by atoms with Crippen molar-refractivity contribution in [2.45, 2.75) is 77.7 Å². The molecule has 1 aliphatic carbocycles. The van der Waals surface area contributed by atoms with Crippen LogP contribution in [0.1, 0.15) is 72.1 Å². The third-order valence-corrected chi connectivity index (χ3v) is 4.98. The summed E-state index contributed by atoms with van der Waals surface area (Å²) in [5.41, 5.74) is -0.570. The average Bonchev–Trinajstić information content (AvgIpc) is 2.52. The zero-order valence-corrected chi connectivity index (χ0v) is 15.3. The van der Waals surface area contributed by atoms with Crippen LogP contribution in [0.25, 0.3) is 0 Å². The molecule has 1 atom stereocenters. The molecule has 2 rings (SSSR count). The van der Waals surface area contributed by atoms with Crippen LogP contribution in [0.4, 0.5) is 4.79 Å². The summed E-state index contributed by atoms with van der Waals surface area (Å²) in [6.45, 7) is 5.96. The molecule has 0 bridgehead atoms. The minimum Gasteiger partial charge on any atom is -0.444 e. The van der Waals surface area contributed by atoms with E-state index in [-0.39, 0.29) is 24.5 Å². The Bertz CT molecular complexity index is 474. The molecule has 5 nitrogen and oxygen atoms in total. The number of piperidine rings is 1. The lowest BCUT2D eigenvalue weighted by atomic mass is 9.83. The monoisotopic (exact) mass is 337 g/mol. The Morgan fingerprint density at radius 2 is 1.83 bits per heavy atom. The molecular weight excluding hydrogens is 306 g/mol. The van der Waals surface area contributed by atoms with Gasteiger partial charge in [0.15, 0.2) is 0 Å². The molecule has 0 aromatic rings. The molecule has 0 spiro atoms. The number of likely N-dealkylation sites (tertiary alicyclic amines) is 1. The highest BCUT2D eigenvalue weighted by molar-refractivity contribution is 6.03. The molecular formula is C19H31NO4. The lowest BCUT2D eigenvalue weighted by Gasteiger charge is -2.33. The van der Waals surface area contributed by atoms with Gasteiger partial charge in [0.2, 0.25) is 0 Å². The summed E-state index contributed by atoms with van der Waals surface area (Å²) in [6, 6.07) is 0. The van der Waals surface area contributed by atoms with Crippen LogP contribution in [0.5, 0.6) is 0 Å². The molecule has 24 heavy (non-hydrogen) atoms. The molecule has 0 aromatic heterocycles. The fraction of sp³-hybridized carbons (Fsp3) is 0.842. The van der Waals surface area contributed by atoms with Crippen molar-refractivity contribution < 1.29 is 19.1 Å². The summed E-state index contributed by atoms with van der Waals surface area (Å²) >= 11 is 0. The van der Waals surface area contributed by atoms with Crippen molar-refractivity contribution in [3.8, 4) is 0 Å². The van der Waals surface area contributed by atoms with Crippen molar-refractivity contribution in [1.82, 2.24) is 4.90 Å². The van der Waals surface area contributed by atoms with Gasteiger partial charge >= 0.3 is 6.09 Å². The Hall–Kier alpha value is -1.39. The topological polar surface area (TPSA) is 63.7 Å². The first-order valence-corrected chi connectivity index (χ1v) is 9.29. The highest BCUT2D eigenvalue weighted by Crippen LogP contribution is 2.28. The number of hydrogen-bond acceptors (Lipinski definition) is 4. The quantitative estimate of drug-likeness (QED) is 0.733. The van der Waals surface area contributed by atoms with Gasteiger partial charge < -0.3 is 9.64 Å². The first-order valence-electron chi connectivity index (χ1n) is 9.29. The number of carbonyl (C=O) groups is 3. The molecule has 1 saturated carbocycles. The zero-order valence-electron chi connectivity index (χ0n) is 15.3. The summed E-state index contributed by atoms with van der Waals surface area (Å²) < 4.78 is 5.36. The standard InChI is InChI=1S/C19H31NO4/c1-19(2,3)24-18(23)20-12-11-17(22)15(13-20)16(21)10-9-14-7-5-4-6-8-14/h14-15H,4-13H2,1-3H3. The lowest BCUT2D eigenvalue weighted by molar-refractivity contribution is -0.135. The van der Waals surface area contributed by atoms with Crippen molar-refractivity contribution in [2.24, 2.45) is 11.8 Å². The van der Waals surface area contributed by atoms with E-state index >= 15 is 0 Å². The SMILES string of the molecule is CC(C)(C)OC(=O)N1CCC(=O)C(C(=O)CCC2CCCCC2)C1. The molecule has 1 aliphatic heterocycles. The van der Waals surface area contributed by atoms with Crippen molar-refractivity contribution in [3.63, 3.8) is 0 Å². The van der Waals surface area contributed by atoms with E-state index in [4.69, 9.17) is 4.74 Å². The van der Waals surface area contributed by atoms with Crippen LogP contribution < -0.4 is 0 Å². The van der Waals surface area contributed by atoms with Gasteiger partial charge in [-0.15, -0.1) is 0 Å². The molecule has 0 N–H and O–H groups in total. The van der Waals surface area contributed by atoms with E-state index in [1.165, 1.54) is 37.0 Å². The van der Waals surface area contributed by atoms with Gasteiger partial charge in [-0.05, 0) is 33.1 Å². The Morgan fingerprint density at radius 3 is 2.46 bits per heavy atom. The van der Waals surface area contributed by atoms with E-state index in [0.29, 0.717) is 18.9 Å². The largest absolute Gasteiger partial charge is 0.444 e. The molecule has 1 heterocycles. The number of nitrogens with zero attached hydrogens (tertiary/aromatic N) is 1. The van der Waals surface area contributed by atoms with Gasteiger partial charge in [0.05, 0.1) is 5.92 Å². The summed E-state index contributed by atoms with van der Waals surface area (Å²) in [7, 11) is 0. The van der Waals surface area contributed by atoms with Gasteiger partial charge in [0.25, 0.3) is 0 Å². The van der Waals surface area contributed by atoms with Crippen LogP contribution in [0, 0.1) is 11.8 Å². The third kappa shape index (κ3) is 5.60. The second-order valence-corrected chi connectivity index (χ2v) is 8.20. The summed E-state index contributed by atoms with van der Waals surface area (Å²) in [4.78, 5) is 38.3. The molecule has 2 aliphatic rings. The number of hydrogen-bond donors (Lipinski definition) is 0. The normalized spacial score (nSPS) is 23.2. The van der Waals surface area contributed by atoms with E-state index in [9.17, 15) is 14.4 Å². The predicted octanol–water partition coefficient (Wildman–Crippen LogP) is 3.74. The van der Waals surface area contributed by atoms with E-state index in [1.54, 1.807) is 0 Å². The number of amides is 1. The highest BCUT2D eigenvalue weighted by atomic mass is 16.6. The number of rotatable bonds is 4. The first-order chi connectivity index (χ1) is 11.3. The zero-order chi connectivity index (χ0) is 17.7. The maximum absolute atomic E-state index is 12.5. The molecule has 1 saturated heterocycles. The second kappa shape index (κ2) is 8.13. The van der Waals surface area contributed by atoms with Crippen molar-refractivity contribution in [1.29, 1.82) is 0 Å². The van der Waals surface area contributed by atoms with E-state index in [0.717, 1.165) is 6.42 Å². The van der Waals surface area contributed by atoms with E-state index < -0.39 is 17.6 Å². The Morgan fingerprint density at radius 1 is 1.17 bits per heavy atom. The van der Waals surface area contributed by atoms with Gasteiger partial charge in [-0.25, -0.2) is 4.79 Å². The molecule has 2 fully saturated rings. The second-order valence-electron chi connectivity index (χ2n) is 8.20. The number of Topliss-reactive ketones (excluding diaryl/α,β-unsaturated/α-hetero) is 2. The minimum atomic E-state index is -0.658. The highest BCUT2D eigenvalue weighted by Gasteiger charge is 2.36. The van der Waals surface area contributed by atoms with Crippen LogP contribution >= 0.6 is 0 Å². The number of carbonyl (C=O) groups excluding carboxylic acids is 3. The molecule has 0 aromatic carbocycles. The molecule has 0 radical (unpaired) electrons. The van der Waals surface area contributed by atoms with Gasteiger partial charge in [0, 0.05) is 25.9 Å². The fourth-order valence-corrected chi connectivity index (χ4v) is 3.60. The van der Waals surface area contributed by atoms with Crippen LogP contribution in [0.2, 0.25) is 0 Å². The van der Waals surface area contributed by atoms with Crippen LogP contribution in [-0.2, 0) is 14.3 Å². The summed E-state index contributed by atoms with van der Waals surface area (Å²) in [5.74, 6) is -0.0551. The molecule has 1 unspecified atom stereocenters. The molecule has 1 amide bonds. The minimum absolute atomic E-state index is 0.00108. The third-order valence-electron chi connectivity index (χ3n) is 4.98. The Kier molecular flexibility index (Phi) is 6.41. The molecule has 5 heteroatoms. The van der Waals surface area contributed by atoms with Gasteiger partial charge in [0.1, 0.15) is 17.2 Å². The van der Waals surface area contributed by atoms with Crippen molar-refractivity contribution in [2.75, 3.05) is 13.1 Å². The van der Waals surface area contributed by atoms with Crippen LogP contribution in [-0.4, -0.2) is 41.3 Å². The van der Waals surface area contributed by atoms with Gasteiger partial charge in [-0.3, -0.25) is 9.59 Å². The van der Waals surface area contributed by atoms with Gasteiger partial charge in [-0.2, -0.15) is 0 Å². The summed E-state index contributed by atoms with van der Waals surface area (Å²) in [5, 5.41) is 0. The van der Waals surface area contributed by atoms with Crippen molar-refractivity contribution >= 4 is 17.7 Å². The number of ether oxygens (including phenoxy) is 1. The predicted molar refractivity (Wildman–Crippen MR) is 91.7 cm³/mol. The average molecular weight is 337 g/mol. The summed E-state index contributed by atoms with van der Waals surface area (Å²) in [6.07, 6.45) is 7.39. The number of ketones is 2. The smallest absolute Gasteiger partial charge is 0.410 e. The lowest BCUT2D eigenvalue weighted by Crippen LogP contribution is -2.48. The van der Waals surface area contributed by atoms with E-state index in [2.05, 4.69) is 0 Å². The Balaban J connectivity index is 1.86. The first kappa shape index (κ1) is 18.9. The maximum atomic E-state index is 12.5. The van der Waals surface area contributed by atoms with Crippen LogP contribution in [0.3, 0.4) is 0 Å². The molecule has 136 valence electrons. The maximum Gasteiger partial charge on any atom is 0.410 e. The van der Waals surface area contributed by atoms with Gasteiger partial charge in [-0.1, -0.05) is 32.1 Å². The van der Waals surface area contributed by atoms with Crippen molar-refractivity contribution in [3.05, 3.63) is 0 Å².